The Morgan fingerprint density at radius 1 is 1.10 bits per heavy atom. The number of Topliss-reactive ketones (excluding diaryl/α,β-unsaturated/α-hetero) is 1. The van der Waals surface area contributed by atoms with E-state index in [1.807, 2.05) is 31.2 Å². The summed E-state index contributed by atoms with van der Waals surface area (Å²) in [5.74, 6) is 0.358. The molecule has 0 fully saturated rings. The van der Waals surface area contributed by atoms with Crippen molar-refractivity contribution in [3.8, 4) is 5.75 Å². The molecule has 0 saturated carbocycles. The fourth-order valence-corrected chi connectivity index (χ4v) is 5.17. The Kier molecular flexibility index (Phi) is 5.89. The molecule has 31 heavy (non-hydrogen) atoms. The molecule has 0 radical (unpaired) electrons. The van der Waals surface area contributed by atoms with Crippen molar-refractivity contribution in [3.05, 3.63) is 69.3 Å². The van der Waals surface area contributed by atoms with Crippen LogP contribution in [0.2, 0.25) is 10.0 Å². The zero-order chi connectivity index (χ0) is 22.3. The van der Waals surface area contributed by atoms with Gasteiger partial charge < -0.3 is 4.74 Å². The van der Waals surface area contributed by atoms with Crippen molar-refractivity contribution < 1.29 is 14.3 Å². The summed E-state index contributed by atoms with van der Waals surface area (Å²) >= 11 is 12.6. The molecule has 1 unspecified atom stereocenters. The smallest absolute Gasteiger partial charge is 0.232 e. The van der Waals surface area contributed by atoms with Crippen LogP contribution in [0.1, 0.15) is 51.5 Å². The average molecular weight is 458 g/mol. The average Bonchev–Trinajstić information content (AvgIpc) is 2.68. The van der Waals surface area contributed by atoms with Gasteiger partial charge in [0.2, 0.25) is 5.91 Å². The summed E-state index contributed by atoms with van der Waals surface area (Å²) in [7, 11) is 0. The van der Waals surface area contributed by atoms with Gasteiger partial charge in [0.15, 0.2) is 5.78 Å². The lowest BCUT2D eigenvalue weighted by atomic mass is 9.69. The van der Waals surface area contributed by atoms with Crippen molar-refractivity contribution in [2.24, 2.45) is 5.41 Å². The molecule has 0 spiro atoms. The first kappa shape index (κ1) is 21.9. The molecule has 2 aliphatic rings. The number of amides is 1. The highest BCUT2D eigenvalue weighted by Gasteiger charge is 2.45. The number of carbonyl (C=O) groups excluding carboxylic acids is 2. The molecular weight excluding hydrogens is 433 g/mol. The van der Waals surface area contributed by atoms with Crippen molar-refractivity contribution >= 4 is 40.6 Å². The summed E-state index contributed by atoms with van der Waals surface area (Å²) in [4.78, 5) is 28.6. The minimum atomic E-state index is -0.337. The summed E-state index contributed by atoms with van der Waals surface area (Å²) < 4.78 is 5.83. The number of benzene rings is 2. The molecular formula is C25H25Cl2NO3. The second kappa shape index (κ2) is 8.33. The standard InChI is InChI=1S/C25H25Cl2NO3/c1-4-31-22-8-6-5-7-16(22)17-12-23(30)28(19-10-9-15(26)11-18(19)27)20-13-25(2,3)14-21(29)24(17)20/h5-11,17H,4,12-14H2,1-3H3. The van der Waals surface area contributed by atoms with E-state index in [1.54, 1.807) is 23.1 Å². The first-order valence-corrected chi connectivity index (χ1v) is 11.2. The minimum absolute atomic E-state index is 0.0742. The Morgan fingerprint density at radius 3 is 2.55 bits per heavy atom. The van der Waals surface area contributed by atoms with Crippen LogP contribution in [0, 0.1) is 5.41 Å². The Morgan fingerprint density at radius 2 is 1.84 bits per heavy atom. The number of allylic oxidation sites excluding steroid dienone is 2. The molecule has 0 bridgehead atoms. The molecule has 1 aliphatic carbocycles. The van der Waals surface area contributed by atoms with E-state index in [2.05, 4.69) is 13.8 Å². The van der Waals surface area contributed by atoms with E-state index in [1.165, 1.54) is 0 Å². The SMILES string of the molecule is CCOc1ccccc1C1CC(=O)N(c2ccc(Cl)cc2Cl)C2=C1C(=O)CC(C)(C)C2. The van der Waals surface area contributed by atoms with Gasteiger partial charge in [-0.3, -0.25) is 14.5 Å². The fourth-order valence-electron chi connectivity index (χ4n) is 4.68. The number of hydrogen-bond acceptors (Lipinski definition) is 3. The number of halogens is 2. The van der Waals surface area contributed by atoms with E-state index in [4.69, 9.17) is 27.9 Å². The van der Waals surface area contributed by atoms with Gasteiger partial charge in [-0.05, 0) is 43.0 Å². The maximum absolute atomic E-state index is 13.5. The second-order valence-corrected chi connectivity index (χ2v) is 9.70. The Bertz CT molecular complexity index is 1090. The van der Waals surface area contributed by atoms with Gasteiger partial charge in [0.05, 0.1) is 17.3 Å². The van der Waals surface area contributed by atoms with E-state index in [0.717, 1.165) is 11.3 Å². The van der Waals surface area contributed by atoms with Gasteiger partial charge in [0, 0.05) is 40.6 Å². The number of nitrogens with zero attached hydrogens (tertiary/aromatic N) is 1. The summed E-state index contributed by atoms with van der Waals surface area (Å²) in [5, 5.41) is 0.882. The van der Waals surface area contributed by atoms with Crippen LogP contribution in [-0.2, 0) is 9.59 Å². The Balaban J connectivity index is 1.92. The molecule has 1 aliphatic heterocycles. The third-order valence-corrected chi connectivity index (χ3v) is 6.43. The van der Waals surface area contributed by atoms with Crippen LogP contribution >= 0.6 is 23.2 Å². The van der Waals surface area contributed by atoms with Crippen LogP contribution in [0.15, 0.2) is 53.7 Å². The lowest BCUT2D eigenvalue weighted by Gasteiger charge is -2.43. The van der Waals surface area contributed by atoms with E-state index in [0.29, 0.717) is 46.5 Å². The fraction of sp³-hybridized carbons (Fsp3) is 0.360. The van der Waals surface area contributed by atoms with Gasteiger partial charge >= 0.3 is 0 Å². The van der Waals surface area contributed by atoms with Crippen LogP contribution in [0.25, 0.3) is 0 Å². The Labute approximate surface area is 192 Å². The molecule has 162 valence electrons. The summed E-state index contributed by atoms with van der Waals surface area (Å²) in [6.45, 7) is 6.54. The number of rotatable bonds is 4. The first-order chi connectivity index (χ1) is 14.7. The topological polar surface area (TPSA) is 46.6 Å². The maximum Gasteiger partial charge on any atom is 0.232 e. The van der Waals surface area contributed by atoms with Gasteiger partial charge in [0.1, 0.15) is 5.75 Å². The van der Waals surface area contributed by atoms with Crippen LogP contribution in [0.3, 0.4) is 0 Å². The van der Waals surface area contributed by atoms with Crippen molar-refractivity contribution in [2.45, 2.75) is 46.0 Å². The first-order valence-electron chi connectivity index (χ1n) is 10.5. The molecule has 1 heterocycles. The zero-order valence-corrected chi connectivity index (χ0v) is 19.4. The molecule has 0 saturated heterocycles. The van der Waals surface area contributed by atoms with Crippen molar-refractivity contribution in [2.75, 3.05) is 11.5 Å². The minimum Gasteiger partial charge on any atom is -0.494 e. The zero-order valence-electron chi connectivity index (χ0n) is 17.9. The van der Waals surface area contributed by atoms with E-state index in [9.17, 15) is 9.59 Å². The van der Waals surface area contributed by atoms with Crippen LogP contribution in [0.5, 0.6) is 5.75 Å². The number of ketones is 1. The van der Waals surface area contributed by atoms with E-state index >= 15 is 0 Å². The summed E-state index contributed by atoms with van der Waals surface area (Å²) in [5.41, 5.74) is 2.61. The van der Waals surface area contributed by atoms with Crippen molar-refractivity contribution in [3.63, 3.8) is 0 Å². The van der Waals surface area contributed by atoms with Crippen LogP contribution < -0.4 is 9.64 Å². The third kappa shape index (κ3) is 4.11. The number of para-hydroxylation sites is 1. The van der Waals surface area contributed by atoms with Gasteiger partial charge in [-0.1, -0.05) is 55.2 Å². The summed E-state index contributed by atoms with van der Waals surface area (Å²) in [6.07, 6.45) is 1.22. The molecule has 2 aromatic rings. The number of ether oxygens (including phenoxy) is 1. The van der Waals surface area contributed by atoms with Crippen molar-refractivity contribution in [1.29, 1.82) is 0 Å². The van der Waals surface area contributed by atoms with Gasteiger partial charge in [0.25, 0.3) is 0 Å². The number of anilines is 1. The molecule has 2 aromatic carbocycles. The molecule has 1 atom stereocenters. The lowest BCUT2D eigenvalue weighted by molar-refractivity contribution is -0.121. The monoisotopic (exact) mass is 457 g/mol. The molecule has 4 nitrogen and oxygen atoms in total. The second-order valence-electron chi connectivity index (χ2n) is 8.85. The molecule has 0 aromatic heterocycles. The lowest BCUT2D eigenvalue weighted by Crippen LogP contribution is -2.43. The predicted molar refractivity (Wildman–Crippen MR) is 124 cm³/mol. The highest BCUT2D eigenvalue weighted by atomic mass is 35.5. The molecule has 4 rings (SSSR count). The maximum atomic E-state index is 13.5. The Hall–Kier alpha value is -2.30. The van der Waals surface area contributed by atoms with Gasteiger partial charge in [-0.2, -0.15) is 0 Å². The highest BCUT2D eigenvalue weighted by molar-refractivity contribution is 6.37. The van der Waals surface area contributed by atoms with E-state index in [-0.39, 0.29) is 29.4 Å². The van der Waals surface area contributed by atoms with E-state index < -0.39 is 0 Å². The highest BCUT2D eigenvalue weighted by Crippen LogP contribution is 2.50. The van der Waals surface area contributed by atoms with Crippen molar-refractivity contribution in [1.82, 2.24) is 0 Å². The van der Waals surface area contributed by atoms with Gasteiger partial charge in [-0.25, -0.2) is 0 Å². The normalized spacial score (nSPS) is 20.7. The molecule has 1 amide bonds. The van der Waals surface area contributed by atoms with Crippen LogP contribution in [-0.4, -0.2) is 18.3 Å². The number of carbonyl (C=O) groups is 2. The number of hydrogen-bond donors (Lipinski definition) is 0. The quantitative estimate of drug-likeness (QED) is 0.522. The third-order valence-electron chi connectivity index (χ3n) is 5.89. The molecule has 0 N–H and O–H groups in total. The van der Waals surface area contributed by atoms with Gasteiger partial charge in [-0.15, -0.1) is 0 Å². The molecule has 6 heteroatoms. The summed E-state index contributed by atoms with van der Waals surface area (Å²) in [6, 6.07) is 12.7. The van der Waals surface area contributed by atoms with Crippen LogP contribution in [0.4, 0.5) is 5.69 Å². The largest absolute Gasteiger partial charge is 0.494 e. The predicted octanol–water partition coefficient (Wildman–Crippen LogP) is 6.56.